The lowest BCUT2D eigenvalue weighted by atomic mass is 10.2. The second-order valence-corrected chi connectivity index (χ2v) is 7.65. The molecule has 5 rings (SSSR count). The summed E-state index contributed by atoms with van der Waals surface area (Å²) in [5.41, 5.74) is 2.87. The highest BCUT2D eigenvalue weighted by atomic mass is 16.2. The van der Waals surface area contributed by atoms with Crippen LogP contribution in [0.4, 0.5) is 17.5 Å². The van der Waals surface area contributed by atoms with E-state index in [9.17, 15) is 4.79 Å². The number of rotatable bonds is 4. The van der Waals surface area contributed by atoms with Gasteiger partial charge in [-0.25, -0.2) is 15.0 Å². The van der Waals surface area contributed by atoms with Crippen molar-refractivity contribution in [3.63, 3.8) is 0 Å². The van der Waals surface area contributed by atoms with E-state index < -0.39 is 0 Å². The Hall–Kier alpha value is -3.94. The molecule has 1 amide bonds. The maximum absolute atomic E-state index is 12.9. The maximum atomic E-state index is 12.9. The lowest BCUT2D eigenvalue weighted by Gasteiger charge is -2.35. The fraction of sp³-hybridized carbons (Fsp3) is 0.217. The Morgan fingerprint density at radius 1 is 0.968 bits per heavy atom. The lowest BCUT2D eigenvalue weighted by Crippen LogP contribution is -2.49. The average Bonchev–Trinajstić information content (AvgIpc) is 3.23. The van der Waals surface area contributed by atoms with E-state index in [0.29, 0.717) is 18.9 Å². The summed E-state index contributed by atoms with van der Waals surface area (Å²) >= 11 is 0. The maximum Gasteiger partial charge on any atom is 0.255 e. The molecule has 0 atom stereocenters. The van der Waals surface area contributed by atoms with Crippen LogP contribution in [0.2, 0.25) is 0 Å². The predicted molar refractivity (Wildman–Crippen MR) is 120 cm³/mol. The first-order valence-electron chi connectivity index (χ1n) is 10.3. The molecule has 5 heterocycles. The zero-order chi connectivity index (χ0) is 21.2. The molecule has 1 saturated heterocycles. The zero-order valence-corrected chi connectivity index (χ0v) is 17.3. The SMILES string of the molecule is Cc1ccnc(Nc2cc(N3CCN(C(=O)c4cc5ccccn5c4)CC3)ncn2)c1. The summed E-state index contributed by atoms with van der Waals surface area (Å²) in [6.07, 6.45) is 7.17. The molecule has 0 radical (unpaired) electrons. The number of anilines is 3. The van der Waals surface area contributed by atoms with Gasteiger partial charge in [0.2, 0.25) is 0 Å². The van der Waals surface area contributed by atoms with Crippen molar-refractivity contribution in [3.05, 3.63) is 78.5 Å². The number of pyridine rings is 2. The fourth-order valence-corrected chi connectivity index (χ4v) is 3.82. The third-order valence-electron chi connectivity index (χ3n) is 5.47. The topological polar surface area (TPSA) is 78.7 Å². The van der Waals surface area contributed by atoms with Crippen molar-refractivity contribution >= 4 is 28.9 Å². The van der Waals surface area contributed by atoms with E-state index >= 15 is 0 Å². The van der Waals surface area contributed by atoms with Gasteiger partial charge in [-0.2, -0.15) is 0 Å². The molecule has 1 fully saturated rings. The standard InChI is InChI=1S/C23H23N7O/c1-17-5-6-24-20(12-17)27-21-14-22(26-16-25-21)28-8-10-29(11-9-28)23(31)18-13-19-4-2-3-7-30(19)15-18/h2-7,12-16H,8-11H2,1H3,(H,24,25,26,27). The van der Waals surface area contributed by atoms with Crippen molar-refractivity contribution in [3.8, 4) is 0 Å². The molecule has 31 heavy (non-hydrogen) atoms. The van der Waals surface area contributed by atoms with Gasteiger partial charge < -0.3 is 19.5 Å². The molecule has 8 heteroatoms. The third-order valence-corrected chi connectivity index (χ3v) is 5.47. The van der Waals surface area contributed by atoms with Gasteiger partial charge >= 0.3 is 0 Å². The van der Waals surface area contributed by atoms with Crippen molar-refractivity contribution in [1.29, 1.82) is 0 Å². The van der Waals surface area contributed by atoms with Crippen molar-refractivity contribution in [2.45, 2.75) is 6.92 Å². The number of nitrogens with zero attached hydrogens (tertiary/aromatic N) is 6. The summed E-state index contributed by atoms with van der Waals surface area (Å²) < 4.78 is 1.97. The van der Waals surface area contributed by atoms with E-state index in [4.69, 9.17) is 0 Å². The molecule has 0 unspecified atom stereocenters. The molecule has 0 aliphatic carbocycles. The van der Waals surface area contributed by atoms with Crippen LogP contribution in [-0.2, 0) is 0 Å². The first-order valence-corrected chi connectivity index (χ1v) is 10.3. The molecule has 156 valence electrons. The van der Waals surface area contributed by atoms with Gasteiger partial charge in [-0.1, -0.05) is 6.07 Å². The monoisotopic (exact) mass is 413 g/mol. The van der Waals surface area contributed by atoms with Crippen LogP contribution in [0.25, 0.3) is 5.52 Å². The quantitative estimate of drug-likeness (QED) is 0.554. The minimum Gasteiger partial charge on any atom is -0.353 e. The molecule has 0 bridgehead atoms. The van der Waals surface area contributed by atoms with Crippen molar-refractivity contribution in [2.75, 3.05) is 36.4 Å². The number of hydrogen-bond donors (Lipinski definition) is 1. The number of hydrogen-bond acceptors (Lipinski definition) is 6. The number of carbonyl (C=O) groups excluding carboxylic acids is 1. The Kier molecular flexibility index (Phi) is 4.95. The van der Waals surface area contributed by atoms with Crippen LogP contribution < -0.4 is 10.2 Å². The summed E-state index contributed by atoms with van der Waals surface area (Å²) in [7, 11) is 0. The van der Waals surface area contributed by atoms with Gasteiger partial charge in [-0.15, -0.1) is 0 Å². The van der Waals surface area contributed by atoms with Gasteiger partial charge in [0.1, 0.15) is 23.8 Å². The van der Waals surface area contributed by atoms with Gasteiger partial charge in [0.05, 0.1) is 5.56 Å². The smallest absolute Gasteiger partial charge is 0.255 e. The van der Waals surface area contributed by atoms with Crippen LogP contribution in [0, 0.1) is 6.92 Å². The fourth-order valence-electron chi connectivity index (χ4n) is 3.82. The molecule has 4 aromatic heterocycles. The van der Waals surface area contributed by atoms with Gasteiger partial charge in [-0.05, 0) is 42.8 Å². The van der Waals surface area contributed by atoms with Crippen molar-refractivity contribution in [1.82, 2.24) is 24.3 Å². The molecule has 0 aromatic carbocycles. The van der Waals surface area contributed by atoms with E-state index in [2.05, 4.69) is 25.2 Å². The number of aromatic nitrogens is 4. The Balaban J connectivity index is 1.24. The second kappa shape index (κ2) is 8.06. The summed E-state index contributed by atoms with van der Waals surface area (Å²) in [5, 5.41) is 3.23. The highest BCUT2D eigenvalue weighted by Gasteiger charge is 2.24. The zero-order valence-electron chi connectivity index (χ0n) is 17.3. The Morgan fingerprint density at radius 3 is 2.61 bits per heavy atom. The number of piperazine rings is 1. The normalized spacial score (nSPS) is 14.1. The molecule has 1 aliphatic heterocycles. The number of nitrogens with one attached hydrogen (secondary N) is 1. The van der Waals surface area contributed by atoms with E-state index in [1.54, 1.807) is 12.5 Å². The Labute approximate surface area is 180 Å². The number of carbonyl (C=O) groups is 1. The summed E-state index contributed by atoms with van der Waals surface area (Å²) in [5.74, 6) is 2.35. The van der Waals surface area contributed by atoms with Gasteiger partial charge in [0.15, 0.2) is 0 Å². The second-order valence-electron chi connectivity index (χ2n) is 7.65. The highest BCUT2D eigenvalue weighted by Crippen LogP contribution is 2.20. The van der Waals surface area contributed by atoms with E-state index in [0.717, 1.165) is 41.4 Å². The van der Waals surface area contributed by atoms with Crippen molar-refractivity contribution in [2.24, 2.45) is 0 Å². The Morgan fingerprint density at radius 2 is 1.81 bits per heavy atom. The predicted octanol–water partition coefficient (Wildman–Crippen LogP) is 3.14. The molecule has 4 aromatic rings. The Bertz CT molecular complexity index is 1190. The summed E-state index contributed by atoms with van der Waals surface area (Å²) in [6.45, 7) is 4.76. The number of amides is 1. The van der Waals surface area contributed by atoms with Gasteiger partial charge in [-0.3, -0.25) is 4.79 Å². The molecular weight excluding hydrogens is 390 g/mol. The molecule has 1 N–H and O–H groups in total. The minimum atomic E-state index is 0.0684. The third kappa shape index (κ3) is 4.05. The van der Waals surface area contributed by atoms with Crippen LogP contribution >= 0.6 is 0 Å². The lowest BCUT2D eigenvalue weighted by molar-refractivity contribution is 0.0746. The van der Waals surface area contributed by atoms with Gasteiger partial charge in [0, 0.05) is 56.4 Å². The number of aryl methyl sites for hydroxylation is 1. The summed E-state index contributed by atoms with van der Waals surface area (Å²) in [4.78, 5) is 30.1. The van der Waals surface area contributed by atoms with Crippen LogP contribution in [0.3, 0.4) is 0 Å². The van der Waals surface area contributed by atoms with Crippen LogP contribution in [0.1, 0.15) is 15.9 Å². The first-order chi connectivity index (χ1) is 15.2. The van der Waals surface area contributed by atoms with Crippen LogP contribution in [0.5, 0.6) is 0 Å². The van der Waals surface area contributed by atoms with Gasteiger partial charge in [0.25, 0.3) is 5.91 Å². The van der Waals surface area contributed by atoms with E-state index in [1.165, 1.54) is 0 Å². The first kappa shape index (κ1) is 19.0. The largest absolute Gasteiger partial charge is 0.353 e. The summed E-state index contributed by atoms with van der Waals surface area (Å²) in [6, 6.07) is 13.7. The minimum absolute atomic E-state index is 0.0684. The van der Waals surface area contributed by atoms with E-state index in [-0.39, 0.29) is 5.91 Å². The van der Waals surface area contributed by atoms with E-state index in [1.807, 2.05) is 71.1 Å². The highest BCUT2D eigenvalue weighted by molar-refractivity contribution is 5.95. The molecule has 0 spiro atoms. The van der Waals surface area contributed by atoms with Crippen LogP contribution in [-0.4, -0.2) is 56.3 Å². The van der Waals surface area contributed by atoms with Crippen LogP contribution in [0.15, 0.2) is 67.4 Å². The number of fused-ring (bicyclic) bond motifs is 1. The molecule has 0 saturated carbocycles. The van der Waals surface area contributed by atoms with Crippen molar-refractivity contribution < 1.29 is 4.79 Å². The molecule has 8 nitrogen and oxygen atoms in total. The molecule has 1 aliphatic rings. The average molecular weight is 413 g/mol. The molecular formula is C23H23N7O.